The number of carboxylic acid groups (broad SMARTS) is 1. The van der Waals surface area contributed by atoms with Crippen molar-refractivity contribution in [3.05, 3.63) is 11.9 Å². The van der Waals surface area contributed by atoms with E-state index in [0.29, 0.717) is 13.0 Å². The molecule has 1 amide bonds. The Morgan fingerprint density at radius 1 is 1.59 bits per heavy atom. The first kappa shape index (κ1) is 15.3. The fourth-order valence-corrected chi connectivity index (χ4v) is 4.98. The maximum atomic E-state index is 11.7. The van der Waals surface area contributed by atoms with E-state index >= 15 is 0 Å². The molecule has 7 nitrogen and oxygen atoms in total. The molecule has 3 heterocycles. The number of aromatic nitrogens is 3. The molecular weight excluding hydrogens is 304 g/mol. The molecule has 0 radical (unpaired) electrons. The van der Waals surface area contributed by atoms with E-state index in [9.17, 15) is 14.7 Å². The van der Waals surface area contributed by atoms with E-state index in [1.165, 1.54) is 4.90 Å². The summed E-state index contributed by atoms with van der Waals surface area (Å²) in [5.74, 6) is -1.01. The van der Waals surface area contributed by atoms with Crippen LogP contribution in [-0.4, -0.2) is 53.0 Å². The van der Waals surface area contributed by atoms with Gasteiger partial charge in [0.2, 0.25) is 5.91 Å². The molecule has 1 aromatic heterocycles. The lowest BCUT2D eigenvalue weighted by molar-refractivity contribution is -0.157. The predicted molar refractivity (Wildman–Crippen MR) is 81.3 cm³/mol. The summed E-state index contributed by atoms with van der Waals surface area (Å²) in [4.78, 5) is 24.9. The van der Waals surface area contributed by atoms with Crippen molar-refractivity contribution < 1.29 is 14.7 Å². The molecule has 0 saturated carbocycles. The number of carbonyl (C=O) groups is 2. The van der Waals surface area contributed by atoms with Crippen LogP contribution in [0, 0.1) is 0 Å². The Labute approximate surface area is 133 Å². The molecule has 0 aliphatic carbocycles. The van der Waals surface area contributed by atoms with Crippen LogP contribution in [0.3, 0.4) is 0 Å². The van der Waals surface area contributed by atoms with Crippen molar-refractivity contribution in [1.82, 2.24) is 19.9 Å². The van der Waals surface area contributed by atoms with Crippen molar-refractivity contribution in [2.45, 2.75) is 62.2 Å². The molecule has 3 unspecified atom stereocenters. The number of nitrogens with zero attached hydrogens (tertiary/aromatic N) is 4. The van der Waals surface area contributed by atoms with Crippen molar-refractivity contribution in [2.24, 2.45) is 0 Å². The Morgan fingerprint density at radius 2 is 2.36 bits per heavy atom. The molecule has 0 spiro atoms. The lowest BCUT2D eigenvalue weighted by Gasteiger charge is -2.37. The highest BCUT2D eigenvalue weighted by atomic mass is 32.2. The van der Waals surface area contributed by atoms with Crippen LogP contribution >= 0.6 is 11.8 Å². The first-order chi connectivity index (χ1) is 10.5. The molecule has 1 aromatic rings. The Hall–Kier alpha value is -1.57. The van der Waals surface area contributed by atoms with Crippen molar-refractivity contribution in [1.29, 1.82) is 0 Å². The molecule has 8 heteroatoms. The van der Waals surface area contributed by atoms with Gasteiger partial charge in [0.1, 0.15) is 6.04 Å². The molecular formula is C14H20N4O3S. The predicted octanol–water partition coefficient (Wildman–Crippen LogP) is 1.14. The third kappa shape index (κ3) is 2.39. The van der Waals surface area contributed by atoms with Gasteiger partial charge in [-0.05, 0) is 19.8 Å². The molecule has 22 heavy (non-hydrogen) atoms. The highest BCUT2D eigenvalue weighted by Gasteiger charge is 2.60. The van der Waals surface area contributed by atoms with E-state index in [2.05, 4.69) is 17.2 Å². The third-order valence-electron chi connectivity index (χ3n) is 4.39. The summed E-state index contributed by atoms with van der Waals surface area (Å²) < 4.78 is 1.21. The normalized spacial score (nSPS) is 30.3. The number of β-lactam (4-membered cyclic amide) rings is 1. The zero-order chi connectivity index (χ0) is 15.9. The van der Waals surface area contributed by atoms with Crippen LogP contribution < -0.4 is 0 Å². The summed E-state index contributed by atoms with van der Waals surface area (Å²) in [5.41, 5.74) is 1.02. The second-order valence-corrected chi connectivity index (χ2v) is 7.83. The summed E-state index contributed by atoms with van der Waals surface area (Å²) in [7, 11) is 0. The number of hydrogen-bond donors (Lipinski definition) is 1. The minimum Gasteiger partial charge on any atom is -0.480 e. The number of carboxylic acids is 1. The van der Waals surface area contributed by atoms with E-state index < -0.39 is 16.8 Å². The monoisotopic (exact) mass is 324 g/mol. The number of hydrogen-bond acceptors (Lipinski definition) is 5. The second-order valence-electron chi connectivity index (χ2n) is 6.12. The van der Waals surface area contributed by atoms with E-state index in [4.69, 9.17) is 0 Å². The summed E-state index contributed by atoms with van der Waals surface area (Å²) in [6.45, 7) is 4.49. The van der Waals surface area contributed by atoms with E-state index in [1.807, 2.05) is 6.92 Å². The van der Waals surface area contributed by atoms with Crippen LogP contribution in [-0.2, 0) is 22.6 Å². The highest BCUT2D eigenvalue weighted by Crippen LogP contribution is 2.51. The molecule has 0 bridgehead atoms. The van der Waals surface area contributed by atoms with Gasteiger partial charge in [-0.15, -0.1) is 16.9 Å². The van der Waals surface area contributed by atoms with Gasteiger partial charge in [0.25, 0.3) is 0 Å². The molecule has 2 saturated heterocycles. The minimum atomic E-state index is -0.944. The fourth-order valence-electron chi connectivity index (χ4n) is 3.24. The zero-order valence-electron chi connectivity index (χ0n) is 12.7. The standard InChI is InChI=1S/C14H20N4O3S/c1-3-4-5-9-7-15-16-17(9)8-14(2)12(13(20)21)18-10(19)6-11(18)22-14/h7,11-12H,3-6,8H2,1-2H3,(H,20,21). The second kappa shape index (κ2) is 5.57. The van der Waals surface area contributed by atoms with Crippen LogP contribution in [0.25, 0.3) is 0 Å². The molecule has 2 fully saturated rings. The van der Waals surface area contributed by atoms with Crippen LogP contribution in [0.4, 0.5) is 0 Å². The average Bonchev–Trinajstić information content (AvgIpc) is 2.97. The van der Waals surface area contributed by atoms with Gasteiger partial charge < -0.3 is 10.0 Å². The van der Waals surface area contributed by atoms with Gasteiger partial charge in [0, 0.05) is 0 Å². The minimum absolute atomic E-state index is 0.0128. The zero-order valence-corrected chi connectivity index (χ0v) is 13.5. The third-order valence-corrected chi connectivity index (χ3v) is 5.95. The number of fused-ring (bicyclic) bond motifs is 1. The summed E-state index contributed by atoms with van der Waals surface area (Å²) >= 11 is 1.57. The number of amides is 1. The summed E-state index contributed by atoms with van der Waals surface area (Å²) in [5, 5.41) is 17.6. The van der Waals surface area contributed by atoms with E-state index in [1.54, 1.807) is 22.6 Å². The van der Waals surface area contributed by atoms with Crippen molar-refractivity contribution in [3.63, 3.8) is 0 Å². The van der Waals surface area contributed by atoms with Gasteiger partial charge >= 0.3 is 5.97 Å². The molecule has 1 N–H and O–H groups in total. The van der Waals surface area contributed by atoms with Crippen LogP contribution in [0.1, 0.15) is 38.8 Å². The number of aryl methyl sites for hydroxylation is 1. The Bertz CT molecular complexity index is 605. The molecule has 2 aliphatic heterocycles. The quantitative estimate of drug-likeness (QED) is 0.789. The maximum absolute atomic E-state index is 11.7. The Balaban J connectivity index is 1.82. The van der Waals surface area contributed by atoms with E-state index in [-0.39, 0.29) is 11.3 Å². The van der Waals surface area contributed by atoms with Crippen molar-refractivity contribution in [2.75, 3.05) is 0 Å². The van der Waals surface area contributed by atoms with Crippen LogP contribution in [0.15, 0.2) is 6.20 Å². The number of unbranched alkanes of at least 4 members (excludes halogenated alkanes) is 1. The topological polar surface area (TPSA) is 88.3 Å². The Morgan fingerprint density at radius 3 is 3.00 bits per heavy atom. The van der Waals surface area contributed by atoms with Crippen LogP contribution in [0.2, 0.25) is 0 Å². The maximum Gasteiger partial charge on any atom is 0.327 e. The van der Waals surface area contributed by atoms with Crippen molar-refractivity contribution in [3.8, 4) is 0 Å². The first-order valence-corrected chi connectivity index (χ1v) is 8.43. The lowest BCUT2D eigenvalue weighted by Crippen LogP contribution is -2.58. The van der Waals surface area contributed by atoms with Crippen molar-refractivity contribution >= 4 is 23.6 Å². The molecule has 2 aliphatic rings. The van der Waals surface area contributed by atoms with Gasteiger partial charge in [0.15, 0.2) is 0 Å². The lowest BCUT2D eigenvalue weighted by atomic mass is 9.96. The molecule has 120 valence electrons. The van der Waals surface area contributed by atoms with E-state index in [0.717, 1.165) is 25.0 Å². The molecule has 0 aromatic carbocycles. The molecule has 3 rings (SSSR count). The fraction of sp³-hybridized carbons (Fsp3) is 0.714. The summed E-state index contributed by atoms with van der Waals surface area (Å²) in [6, 6.07) is -0.799. The highest BCUT2D eigenvalue weighted by molar-refractivity contribution is 8.01. The smallest absolute Gasteiger partial charge is 0.327 e. The van der Waals surface area contributed by atoms with Gasteiger partial charge in [-0.3, -0.25) is 4.79 Å². The largest absolute Gasteiger partial charge is 0.480 e. The van der Waals surface area contributed by atoms with Gasteiger partial charge in [0.05, 0.1) is 35.0 Å². The number of rotatable bonds is 6. The first-order valence-electron chi connectivity index (χ1n) is 7.55. The molecule has 3 atom stereocenters. The van der Waals surface area contributed by atoms with Crippen LogP contribution in [0.5, 0.6) is 0 Å². The van der Waals surface area contributed by atoms with Gasteiger partial charge in [-0.25, -0.2) is 9.48 Å². The van der Waals surface area contributed by atoms with Gasteiger partial charge in [-0.2, -0.15) is 0 Å². The number of aliphatic carboxylic acids is 1. The SMILES string of the molecule is CCCCc1cnnn1CC1(C)SC2CC(=O)N2C1C(=O)O. The Kier molecular flexibility index (Phi) is 3.88. The number of thioether (sulfide) groups is 1. The van der Waals surface area contributed by atoms with Gasteiger partial charge in [-0.1, -0.05) is 18.6 Å². The average molecular weight is 324 g/mol. The summed E-state index contributed by atoms with van der Waals surface area (Å²) in [6.07, 6.45) is 5.19. The number of carbonyl (C=O) groups excluding carboxylic acids is 1.